The number of hydrogen-bond donors (Lipinski definition) is 1. The molecule has 2 aromatic rings. The second-order valence-corrected chi connectivity index (χ2v) is 5.68. The van der Waals surface area contributed by atoms with Crippen LogP contribution in [0.15, 0.2) is 41.0 Å². The topological polar surface area (TPSA) is 77.3 Å². The highest BCUT2D eigenvalue weighted by molar-refractivity contribution is 9.10. The molecular weight excluding hydrogens is 374 g/mol. The number of halogens is 2. The van der Waals surface area contributed by atoms with Crippen molar-refractivity contribution in [1.29, 1.82) is 0 Å². The van der Waals surface area contributed by atoms with E-state index in [1.165, 1.54) is 12.3 Å². The SMILES string of the molecule is O=[N+]([O-])c1cnc(NCCOCc2ccc(Cl)cc2)c(Br)c1. The zero-order valence-electron chi connectivity index (χ0n) is 11.5. The fraction of sp³-hybridized carbons (Fsp3) is 0.214. The number of nitrogens with one attached hydrogen (secondary N) is 1. The van der Waals surface area contributed by atoms with Crippen molar-refractivity contribution >= 4 is 39.0 Å². The lowest BCUT2D eigenvalue weighted by atomic mass is 10.2. The minimum Gasteiger partial charge on any atom is -0.375 e. The van der Waals surface area contributed by atoms with Gasteiger partial charge in [-0.15, -0.1) is 0 Å². The van der Waals surface area contributed by atoms with Gasteiger partial charge in [0.1, 0.15) is 12.0 Å². The third-order valence-corrected chi connectivity index (χ3v) is 3.61. The summed E-state index contributed by atoms with van der Waals surface area (Å²) in [4.78, 5) is 14.1. The van der Waals surface area contributed by atoms with E-state index in [1.54, 1.807) is 0 Å². The number of anilines is 1. The molecule has 22 heavy (non-hydrogen) atoms. The molecule has 0 aliphatic heterocycles. The van der Waals surface area contributed by atoms with Crippen molar-refractivity contribution in [2.24, 2.45) is 0 Å². The Morgan fingerprint density at radius 2 is 2.09 bits per heavy atom. The van der Waals surface area contributed by atoms with E-state index in [0.29, 0.717) is 35.1 Å². The van der Waals surface area contributed by atoms with Gasteiger partial charge in [0.2, 0.25) is 0 Å². The average molecular weight is 387 g/mol. The van der Waals surface area contributed by atoms with Gasteiger partial charge in [0, 0.05) is 17.6 Å². The summed E-state index contributed by atoms with van der Waals surface area (Å²) in [5, 5.41) is 14.4. The summed E-state index contributed by atoms with van der Waals surface area (Å²) in [5.74, 6) is 0.542. The van der Waals surface area contributed by atoms with Crippen LogP contribution < -0.4 is 5.32 Å². The Labute approximate surface area is 140 Å². The highest BCUT2D eigenvalue weighted by atomic mass is 79.9. The second kappa shape index (κ2) is 8.07. The Morgan fingerprint density at radius 3 is 2.73 bits per heavy atom. The number of nitrogens with zero attached hydrogens (tertiary/aromatic N) is 2. The van der Waals surface area contributed by atoms with E-state index in [0.717, 1.165) is 5.56 Å². The van der Waals surface area contributed by atoms with Crippen LogP contribution in [0.25, 0.3) is 0 Å². The zero-order chi connectivity index (χ0) is 15.9. The van der Waals surface area contributed by atoms with Crippen LogP contribution in [0.5, 0.6) is 0 Å². The van der Waals surface area contributed by atoms with Gasteiger partial charge in [-0.1, -0.05) is 23.7 Å². The molecule has 8 heteroatoms. The summed E-state index contributed by atoms with van der Waals surface area (Å²) in [6.45, 7) is 1.51. The molecule has 0 bridgehead atoms. The van der Waals surface area contributed by atoms with Gasteiger partial charge in [-0.3, -0.25) is 10.1 Å². The Bertz CT molecular complexity index is 652. The van der Waals surface area contributed by atoms with Crippen molar-refractivity contribution in [2.45, 2.75) is 6.61 Å². The van der Waals surface area contributed by atoms with Crippen molar-refractivity contribution < 1.29 is 9.66 Å². The van der Waals surface area contributed by atoms with E-state index < -0.39 is 4.92 Å². The summed E-state index contributed by atoms with van der Waals surface area (Å²) in [6, 6.07) is 8.85. The summed E-state index contributed by atoms with van der Waals surface area (Å²) < 4.78 is 6.07. The van der Waals surface area contributed by atoms with Gasteiger partial charge in [-0.25, -0.2) is 4.98 Å². The lowest BCUT2D eigenvalue weighted by molar-refractivity contribution is -0.385. The molecule has 116 valence electrons. The lowest BCUT2D eigenvalue weighted by Gasteiger charge is -2.08. The molecule has 0 amide bonds. The Morgan fingerprint density at radius 1 is 1.36 bits per heavy atom. The quantitative estimate of drug-likeness (QED) is 0.441. The van der Waals surface area contributed by atoms with Crippen molar-refractivity contribution in [3.8, 4) is 0 Å². The van der Waals surface area contributed by atoms with E-state index >= 15 is 0 Å². The van der Waals surface area contributed by atoms with Crippen LogP contribution in [0.3, 0.4) is 0 Å². The fourth-order valence-electron chi connectivity index (χ4n) is 1.67. The molecule has 0 radical (unpaired) electrons. The molecule has 0 saturated carbocycles. The number of ether oxygens (including phenoxy) is 1. The summed E-state index contributed by atoms with van der Waals surface area (Å²) in [7, 11) is 0. The van der Waals surface area contributed by atoms with Crippen molar-refractivity contribution in [2.75, 3.05) is 18.5 Å². The van der Waals surface area contributed by atoms with E-state index in [-0.39, 0.29) is 5.69 Å². The zero-order valence-corrected chi connectivity index (χ0v) is 13.8. The maximum absolute atomic E-state index is 10.6. The largest absolute Gasteiger partial charge is 0.375 e. The van der Waals surface area contributed by atoms with Gasteiger partial charge < -0.3 is 10.1 Å². The lowest BCUT2D eigenvalue weighted by Crippen LogP contribution is -2.11. The van der Waals surface area contributed by atoms with Crippen LogP contribution >= 0.6 is 27.5 Å². The second-order valence-electron chi connectivity index (χ2n) is 4.39. The van der Waals surface area contributed by atoms with Gasteiger partial charge in [-0.05, 0) is 33.6 Å². The normalized spacial score (nSPS) is 10.5. The molecular formula is C14H13BrClN3O3. The minimum atomic E-state index is -0.489. The van der Waals surface area contributed by atoms with Gasteiger partial charge in [0.05, 0.1) is 22.6 Å². The Hall–Kier alpha value is -1.70. The molecule has 2 rings (SSSR count). The minimum absolute atomic E-state index is 0.0589. The van der Waals surface area contributed by atoms with Gasteiger partial charge >= 0.3 is 0 Å². The number of pyridine rings is 1. The summed E-state index contributed by atoms with van der Waals surface area (Å²) >= 11 is 9.05. The molecule has 1 aromatic carbocycles. The number of benzene rings is 1. The van der Waals surface area contributed by atoms with Crippen LogP contribution in [0.2, 0.25) is 5.02 Å². The maximum Gasteiger partial charge on any atom is 0.288 e. The predicted molar refractivity (Wildman–Crippen MR) is 88.2 cm³/mol. The van der Waals surface area contributed by atoms with E-state index in [4.69, 9.17) is 16.3 Å². The van der Waals surface area contributed by atoms with Crippen molar-refractivity contribution in [3.63, 3.8) is 0 Å². The molecule has 0 saturated heterocycles. The third-order valence-electron chi connectivity index (χ3n) is 2.76. The molecule has 0 fully saturated rings. The smallest absolute Gasteiger partial charge is 0.288 e. The Kier molecular flexibility index (Phi) is 6.11. The summed E-state index contributed by atoms with van der Waals surface area (Å²) in [6.07, 6.45) is 1.21. The maximum atomic E-state index is 10.6. The molecule has 1 N–H and O–H groups in total. The first-order valence-electron chi connectivity index (χ1n) is 6.42. The molecule has 0 spiro atoms. The molecule has 1 heterocycles. The molecule has 1 aromatic heterocycles. The third kappa shape index (κ3) is 4.94. The first-order chi connectivity index (χ1) is 10.6. The van der Waals surface area contributed by atoms with Gasteiger partial charge in [0.25, 0.3) is 5.69 Å². The number of nitro groups is 1. The average Bonchev–Trinajstić information content (AvgIpc) is 2.50. The van der Waals surface area contributed by atoms with Crippen LogP contribution in [-0.2, 0) is 11.3 Å². The monoisotopic (exact) mass is 385 g/mol. The van der Waals surface area contributed by atoms with Gasteiger partial charge in [0.15, 0.2) is 0 Å². The van der Waals surface area contributed by atoms with Crippen LogP contribution in [0.4, 0.5) is 11.5 Å². The molecule has 0 aliphatic rings. The van der Waals surface area contributed by atoms with Crippen LogP contribution in [0, 0.1) is 10.1 Å². The molecule has 0 atom stereocenters. The highest BCUT2D eigenvalue weighted by Crippen LogP contribution is 2.24. The van der Waals surface area contributed by atoms with E-state index in [2.05, 4.69) is 26.2 Å². The summed E-state index contributed by atoms with van der Waals surface area (Å²) in [5.41, 5.74) is 0.982. The van der Waals surface area contributed by atoms with Gasteiger partial charge in [-0.2, -0.15) is 0 Å². The molecule has 0 aliphatic carbocycles. The Balaban J connectivity index is 1.74. The van der Waals surface area contributed by atoms with E-state index in [9.17, 15) is 10.1 Å². The predicted octanol–water partition coefficient (Wildman–Crippen LogP) is 4.03. The van der Waals surface area contributed by atoms with E-state index in [1.807, 2.05) is 24.3 Å². The highest BCUT2D eigenvalue weighted by Gasteiger charge is 2.09. The van der Waals surface area contributed by atoms with Crippen molar-refractivity contribution in [1.82, 2.24) is 4.98 Å². The van der Waals surface area contributed by atoms with Crippen molar-refractivity contribution in [3.05, 3.63) is 61.7 Å². The first-order valence-corrected chi connectivity index (χ1v) is 7.59. The number of rotatable bonds is 7. The van der Waals surface area contributed by atoms with Crippen LogP contribution in [-0.4, -0.2) is 23.1 Å². The van der Waals surface area contributed by atoms with Crippen LogP contribution in [0.1, 0.15) is 5.56 Å². The number of hydrogen-bond acceptors (Lipinski definition) is 5. The number of aromatic nitrogens is 1. The fourth-order valence-corrected chi connectivity index (χ4v) is 2.27. The standard InChI is InChI=1S/C14H13BrClN3O3/c15-13-7-12(19(20)21)8-18-14(13)17-5-6-22-9-10-1-3-11(16)4-2-10/h1-4,7-8H,5-6,9H2,(H,17,18). The molecule has 6 nitrogen and oxygen atoms in total. The molecule has 0 unspecified atom stereocenters. The first kappa shape index (κ1) is 16.7.